The first-order valence-corrected chi connectivity index (χ1v) is 12.0. The molecule has 2 aliphatic rings. The SMILES string of the molecule is COc1cccc(CN2C(=O)c3ccc(-c4ccccc4)n3C[C@@]2(C)C(=O)NC2CCCC2)c1. The van der Waals surface area contributed by atoms with E-state index in [1.165, 1.54) is 0 Å². The Morgan fingerprint density at radius 1 is 1.03 bits per heavy atom. The Kier molecular flexibility index (Phi) is 5.90. The van der Waals surface area contributed by atoms with Crippen LogP contribution in [-0.4, -0.2) is 40.0 Å². The van der Waals surface area contributed by atoms with E-state index in [0.29, 0.717) is 18.8 Å². The highest BCUT2D eigenvalue weighted by molar-refractivity contribution is 6.00. The third-order valence-corrected chi connectivity index (χ3v) is 7.23. The van der Waals surface area contributed by atoms with Gasteiger partial charge < -0.3 is 19.5 Å². The van der Waals surface area contributed by atoms with Gasteiger partial charge in [-0.2, -0.15) is 0 Å². The monoisotopic (exact) mass is 457 g/mol. The number of methoxy groups -OCH3 is 1. The number of fused-ring (bicyclic) bond motifs is 1. The van der Waals surface area contributed by atoms with Crippen LogP contribution in [0, 0.1) is 0 Å². The molecule has 2 aromatic carbocycles. The Labute approximate surface area is 200 Å². The van der Waals surface area contributed by atoms with E-state index >= 15 is 0 Å². The van der Waals surface area contributed by atoms with Crippen LogP contribution < -0.4 is 10.1 Å². The summed E-state index contributed by atoms with van der Waals surface area (Å²) in [6.07, 6.45) is 4.26. The first-order chi connectivity index (χ1) is 16.5. The van der Waals surface area contributed by atoms with E-state index in [-0.39, 0.29) is 17.9 Å². The zero-order chi connectivity index (χ0) is 23.7. The Bertz CT molecular complexity index is 1200. The van der Waals surface area contributed by atoms with Gasteiger partial charge in [-0.15, -0.1) is 0 Å². The summed E-state index contributed by atoms with van der Waals surface area (Å²) in [6, 6.07) is 21.7. The maximum Gasteiger partial charge on any atom is 0.271 e. The topological polar surface area (TPSA) is 63.6 Å². The molecule has 1 fully saturated rings. The summed E-state index contributed by atoms with van der Waals surface area (Å²) >= 11 is 0. The van der Waals surface area contributed by atoms with Crippen LogP contribution in [0.15, 0.2) is 66.7 Å². The summed E-state index contributed by atoms with van der Waals surface area (Å²) in [6.45, 7) is 2.62. The van der Waals surface area contributed by atoms with Gasteiger partial charge in [0.1, 0.15) is 17.0 Å². The molecule has 1 aromatic heterocycles. The number of carbonyl (C=O) groups excluding carboxylic acids is 2. The summed E-state index contributed by atoms with van der Waals surface area (Å²) in [5.74, 6) is 0.503. The fraction of sp³-hybridized carbons (Fsp3) is 0.357. The first-order valence-electron chi connectivity index (χ1n) is 12.0. The van der Waals surface area contributed by atoms with Crippen LogP contribution in [-0.2, 0) is 17.9 Å². The molecule has 6 heteroatoms. The average molecular weight is 458 g/mol. The van der Waals surface area contributed by atoms with Gasteiger partial charge in [-0.05, 0) is 55.2 Å². The van der Waals surface area contributed by atoms with Gasteiger partial charge in [0, 0.05) is 18.3 Å². The molecule has 0 saturated heterocycles. The van der Waals surface area contributed by atoms with Crippen LogP contribution >= 0.6 is 0 Å². The van der Waals surface area contributed by atoms with E-state index in [9.17, 15) is 9.59 Å². The summed E-state index contributed by atoms with van der Waals surface area (Å²) in [7, 11) is 1.63. The molecule has 1 N–H and O–H groups in total. The third-order valence-electron chi connectivity index (χ3n) is 7.23. The van der Waals surface area contributed by atoms with Gasteiger partial charge >= 0.3 is 0 Å². The summed E-state index contributed by atoms with van der Waals surface area (Å²) in [5, 5.41) is 3.26. The van der Waals surface area contributed by atoms with Crippen molar-refractivity contribution in [1.82, 2.24) is 14.8 Å². The quantitative estimate of drug-likeness (QED) is 0.587. The number of nitrogens with one attached hydrogen (secondary N) is 1. The summed E-state index contributed by atoms with van der Waals surface area (Å²) in [5.41, 5.74) is 2.48. The largest absolute Gasteiger partial charge is 0.497 e. The molecule has 0 radical (unpaired) electrons. The van der Waals surface area contributed by atoms with Crippen molar-refractivity contribution in [2.75, 3.05) is 7.11 Å². The molecule has 0 unspecified atom stereocenters. The molecule has 34 heavy (non-hydrogen) atoms. The molecule has 5 rings (SSSR count). The standard InChI is InChI=1S/C28H31N3O3/c1-28(27(33)29-22-12-6-7-13-22)19-30-24(21-10-4-3-5-11-21)15-16-25(30)26(32)31(28)18-20-9-8-14-23(17-20)34-2/h3-5,8-11,14-17,22H,6-7,12-13,18-19H2,1-2H3,(H,29,33)/t28-/m0/s1. The molecule has 1 aliphatic carbocycles. The second-order valence-electron chi connectivity index (χ2n) is 9.53. The lowest BCUT2D eigenvalue weighted by atomic mass is 9.93. The van der Waals surface area contributed by atoms with Crippen LogP contribution in [0.5, 0.6) is 5.75 Å². The van der Waals surface area contributed by atoms with Gasteiger partial charge in [0.25, 0.3) is 5.91 Å². The van der Waals surface area contributed by atoms with E-state index in [1.807, 2.05) is 78.2 Å². The van der Waals surface area contributed by atoms with E-state index in [1.54, 1.807) is 12.0 Å². The third kappa shape index (κ3) is 3.98. The minimum atomic E-state index is -1.03. The molecule has 2 amide bonds. The lowest BCUT2D eigenvalue weighted by molar-refractivity contribution is -0.133. The molecular weight excluding hydrogens is 426 g/mol. The zero-order valence-electron chi connectivity index (χ0n) is 19.8. The molecule has 1 saturated carbocycles. The zero-order valence-corrected chi connectivity index (χ0v) is 19.8. The van der Waals surface area contributed by atoms with Crippen molar-refractivity contribution in [3.63, 3.8) is 0 Å². The lowest BCUT2D eigenvalue weighted by Gasteiger charge is -2.45. The molecule has 1 atom stereocenters. The number of aromatic nitrogens is 1. The van der Waals surface area contributed by atoms with Crippen molar-refractivity contribution in [3.8, 4) is 17.0 Å². The van der Waals surface area contributed by atoms with E-state index in [2.05, 4.69) is 5.32 Å². The predicted octanol–water partition coefficient (Wildman–Crippen LogP) is 4.64. The van der Waals surface area contributed by atoms with Crippen molar-refractivity contribution >= 4 is 11.8 Å². The number of rotatable bonds is 6. The van der Waals surface area contributed by atoms with E-state index in [4.69, 9.17) is 4.74 Å². The lowest BCUT2D eigenvalue weighted by Crippen LogP contribution is -2.64. The highest BCUT2D eigenvalue weighted by Gasteiger charge is 2.48. The fourth-order valence-electron chi connectivity index (χ4n) is 5.25. The van der Waals surface area contributed by atoms with Crippen LogP contribution in [0.25, 0.3) is 11.3 Å². The Hall–Kier alpha value is -3.54. The van der Waals surface area contributed by atoms with Crippen molar-refractivity contribution in [1.29, 1.82) is 0 Å². The summed E-state index contributed by atoms with van der Waals surface area (Å²) in [4.78, 5) is 29.4. The first kappa shape index (κ1) is 22.3. The van der Waals surface area contributed by atoms with Gasteiger partial charge in [-0.1, -0.05) is 55.3 Å². The molecule has 176 valence electrons. The molecule has 6 nitrogen and oxygen atoms in total. The highest BCUT2D eigenvalue weighted by Crippen LogP contribution is 2.35. The maximum atomic E-state index is 13.9. The second kappa shape index (κ2) is 9.01. The number of nitrogens with zero attached hydrogens (tertiary/aromatic N) is 2. The Morgan fingerprint density at radius 3 is 2.50 bits per heavy atom. The maximum absolute atomic E-state index is 13.9. The van der Waals surface area contributed by atoms with E-state index in [0.717, 1.165) is 48.3 Å². The molecular formula is C28H31N3O3. The number of benzene rings is 2. The average Bonchev–Trinajstić information content (AvgIpc) is 3.52. The fourth-order valence-corrected chi connectivity index (χ4v) is 5.25. The van der Waals surface area contributed by atoms with Crippen LogP contribution in [0.3, 0.4) is 0 Å². The molecule has 0 bridgehead atoms. The highest BCUT2D eigenvalue weighted by atomic mass is 16.5. The Balaban J connectivity index is 1.55. The van der Waals surface area contributed by atoms with Gasteiger partial charge in [0.2, 0.25) is 5.91 Å². The Morgan fingerprint density at radius 2 is 1.76 bits per heavy atom. The van der Waals surface area contributed by atoms with Crippen molar-refractivity contribution < 1.29 is 14.3 Å². The van der Waals surface area contributed by atoms with Crippen LogP contribution in [0.1, 0.15) is 48.7 Å². The van der Waals surface area contributed by atoms with Crippen molar-refractivity contribution in [2.45, 2.75) is 57.3 Å². The number of carbonyl (C=O) groups is 2. The number of hydrogen-bond donors (Lipinski definition) is 1. The minimum Gasteiger partial charge on any atom is -0.497 e. The minimum absolute atomic E-state index is 0.0889. The normalized spacial score (nSPS) is 20.3. The van der Waals surface area contributed by atoms with Crippen molar-refractivity contribution in [2.24, 2.45) is 0 Å². The van der Waals surface area contributed by atoms with Crippen molar-refractivity contribution in [3.05, 3.63) is 78.0 Å². The molecule has 2 heterocycles. The van der Waals surface area contributed by atoms with Gasteiger partial charge in [0.05, 0.1) is 13.7 Å². The molecule has 1 aliphatic heterocycles. The van der Waals surface area contributed by atoms with Gasteiger partial charge in [-0.25, -0.2) is 0 Å². The van der Waals surface area contributed by atoms with Crippen LogP contribution in [0.2, 0.25) is 0 Å². The van der Waals surface area contributed by atoms with E-state index < -0.39 is 5.54 Å². The van der Waals surface area contributed by atoms with Gasteiger partial charge in [0.15, 0.2) is 0 Å². The molecule has 3 aromatic rings. The molecule has 0 spiro atoms. The number of ether oxygens (including phenoxy) is 1. The second-order valence-corrected chi connectivity index (χ2v) is 9.53. The van der Waals surface area contributed by atoms with Crippen LogP contribution in [0.4, 0.5) is 0 Å². The van der Waals surface area contributed by atoms with Gasteiger partial charge in [-0.3, -0.25) is 9.59 Å². The predicted molar refractivity (Wildman–Crippen MR) is 132 cm³/mol. The summed E-state index contributed by atoms with van der Waals surface area (Å²) < 4.78 is 7.39. The number of amides is 2. The smallest absolute Gasteiger partial charge is 0.271 e. The number of hydrogen-bond acceptors (Lipinski definition) is 3.